The van der Waals surface area contributed by atoms with Crippen molar-refractivity contribution in [1.29, 1.82) is 0 Å². The van der Waals surface area contributed by atoms with E-state index in [1.165, 1.54) is 17.3 Å². The minimum absolute atomic E-state index is 0.0754. The van der Waals surface area contributed by atoms with E-state index < -0.39 is 50.3 Å². The summed E-state index contributed by atoms with van der Waals surface area (Å²) in [6, 6.07) is 0. The van der Waals surface area contributed by atoms with Gasteiger partial charge in [-0.1, -0.05) is 15.9 Å². The quantitative estimate of drug-likeness (QED) is 0.372. The molecule has 3 atom stereocenters. The lowest BCUT2D eigenvalue weighted by Gasteiger charge is -2.18. The molecule has 1 fully saturated rings. The molecule has 1 saturated heterocycles. The first-order valence-corrected chi connectivity index (χ1v) is 10.4. The SMILES string of the molecule is CCOC(=O)OC[C@H]1O[C@@H](n2cc(/C=C/Br)c(=O)[nH]c2=O)C[C@@H]1OP(=O)(O)O. The number of hydrogen-bond donors (Lipinski definition) is 3. The Balaban J connectivity index is 2.26. The van der Waals surface area contributed by atoms with E-state index in [1.807, 2.05) is 0 Å². The van der Waals surface area contributed by atoms with E-state index in [2.05, 4.69) is 25.7 Å². The zero-order valence-corrected chi connectivity index (χ0v) is 17.0. The number of aromatic amines is 1. The second kappa shape index (κ2) is 9.63. The number of nitrogens with one attached hydrogen (secondary N) is 1. The summed E-state index contributed by atoms with van der Waals surface area (Å²) in [6.45, 7) is 1.23. The molecule has 156 valence electrons. The number of nitrogens with zero attached hydrogens (tertiary/aromatic N) is 1. The molecule has 28 heavy (non-hydrogen) atoms. The number of rotatable bonds is 7. The number of aromatic nitrogens is 2. The van der Waals surface area contributed by atoms with Gasteiger partial charge in [0.25, 0.3) is 5.56 Å². The highest BCUT2D eigenvalue weighted by Crippen LogP contribution is 2.43. The molecule has 1 aromatic rings. The summed E-state index contributed by atoms with van der Waals surface area (Å²) in [5.74, 6) is 0. The van der Waals surface area contributed by atoms with Crippen LogP contribution in [0.4, 0.5) is 4.79 Å². The number of H-pyrrole nitrogens is 1. The summed E-state index contributed by atoms with van der Waals surface area (Å²) in [5.41, 5.74) is -1.28. The molecule has 3 N–H and O–H groups in total. The number of halogens is 1. The Kier molecular flexibility index (Phi) is 7.75. The van der Waals surface area contributed by atoms with Crippen molar-refractivity contribution in [3.05, 3.63) is 37.6 Å². The van der Waals surface area contributed by atoms with Crippen molar-refractivity contribution in [2.75, 3.05) is 13.2 Å². The van der Waals surface area contributed by atoms with Crippen LogP contribution in [0.25, 0.3) is 6.08 Å². The van der Waals surface area contributed by atoms with Gasteiger partial charge in [-0.2, -0.15) is 0 Å². The van der Waals surface area contributed by atoms with Gasteiger partial charge in [0.05, 0.1) is 12.2 Å². The number of phosphoric ester groups is 1. The molecule has 2 rings (SSSR count). The Labute approximate surface area is 166 Å². The van der Waals surface area contributed by atoms with Crippen molar-refractivity contribution < 1.29 is 37.9 Å². The summed E-state index contributed by atoms with van der Waals surface area (Å²) in [5, 5.41) is 0. The zero-order valence-electron chi connectivity index (χ0n) is 14.5. The van der Waals surface area contributed by atoms with Gasteiger partial charge >= 0.3 is 19.7 Å². The van der Waals surface area contributed by atoms with Gasteiger partial charge in [-0.05, 0) is 18.0 Å². The molecule has 1 aliphatic heterocycles. The van der Waals surface area contributed by atoms with Crippen LogP contribution in [0.15, 0.2) is 20.8 Å². The smallest absolute Gasteiger partial charge is 0.435 e. The van der Waals surface area contributed by atoms with Crippen molar-refractivity contribution in [1.82, 2.24) is 9.55 Å². The third-order valence-corrected chi connectivity index (χ3v) is 4.44. The van der Waals surface area contributed by atoms with Crippen molar-refractivity contribution in [3.63, 3.8) is 0 Å². The van der Waals surface area contributed by atoms with Crippen molar-refractivity contribution in [3.8, 4) is 0 Å². The van der Waals surface area contributed by atoms with E-state index in [-0.39, 0.29) is 18.6 Å². The molecule has 0 bridgehead atoms. The van der Waals surface area contributed by atoms with E-state index in [4.69, 9.17) is 23.8 Å². The first-order chi connectivity index (χ1) is 13.1. The topological polar surface area (TPSA) is 166 Å². The highest BCUT2D eigenvalue weighted by atomic mass is 79.9. The summed E-state index contributed by atoms with van der Waals surface area (Å²) >= 11 is 3.03. The Morgan fingerprint density at radius 2 is 2.18 bits per heavy atom. The normalized spacial score (nSPS) is 22.5. The Morgan fingerprint density at radius 1 is 1.46 bits per heavy atom. The lowest BCUT2D eigenvalue weighted by atomic mass is 10.2. The number of hydrogen-bond acceptors (Lipinski definition) is 8. The maximum atomic E-state index is 12.1. The molecule has 1 aromatic heterocycles. The van der Waals surface area contributed by atoms with Crippen LogP contribution in [0.5, 0.6) is 0 Å². The molecule has 14 heteroatoms. The lowest BCUT2D eigenvalue weighted by Crippen LogP contribution is -2.33. The number of carbonyl (C=O) groups excluding carboxylic acids is 1. The van der Waals surface area contributed by atoms with Crippen LogP contribution in [0.2, 0.25) is 0 Å². The average molecular weight is 485 g/mol. The van der Waals surface area contributed by atoms with Gasteiger partial charge in [0, 0.05) is 12.6 Å². The maximum absolute atomic E-state index is 12.1. The van der Waals surface area contributed by atoms with Gasteiger partial charge in [0.15, 0.2) is 0 Å². The van der Waals surface area contributed by atoms with Crippen LogP contribution < -0.4 is 11.2 Å². The number of carbonyl (C=O) groups is 1. The van der Waals surface area contributed by atoms with E-state index in [0.717, 1.165) is 4.57 Å². The molecular formula is C14H18BrN2O10P. The van der Waals surface area contributed by atoms with E-state index >= 15 is 0 Å². The predicted octanol–water partition coefficient (Wildman–Crippen LogP) is 0.841. The maximum Gasteiger partial charge on any atom is 0.508 e. The fraction of sp³-hybridized carbons (Fsp3) is 0.500. The molecule has 2 heterocycles. The summed E-state index contributed by atoms with van der Waals surface area (Å²) in [7, 11) is -4.88. The lowest BCUT2D eigenvalue weighted by molar-refractivity contribution is -0.0575. The Hall–Kier alpha value is -1.76. The van der Waals surface area contributed by atoms with E-state index in [9.17, 15) is 18.9 Å². The fourth-order valence-corrected chi connectivity index (χ4v) is 3.38. The van der Waals surface area contributed by atoms with Crippen LogP contribution >= 0.6 is 23.8 Å². The Morgan fingerprint density at radius 3 is 2.79 bits per heavy atom. The summed E-state index contributed by atoms with van der Waals surface area (Å²) in [4.78, 5) is 57.0. The molecule has 0 radical (unpaired) electrons. The molecule has 12 nitrogen and oxygen atoms in total. The van der Waals surface area contributed by atoms with Crippen LogP contribution in [-0.4, -0.2) is 50.9 Å². The first kappa shape index (κ1) is 22.5. The third-order valence-electron chi connectivity index (χ3n) is 3.63. The molecule has 1 aliphatic rings. The summed E-state index contributed by atoms with van der Waals surface area (Å²) < 4.78 is 32.0. The predicted molar refractivity (Wildman–Crippen MR) is 97.7 cm³/mol. The van der Waals surface area contributed by atoms with Crippen LogP contribution in [-0.2, 0) is 23.3 Å². The average Bonchev–Trinajstić information content (AvgIpc) is 2.96. The summed E-state index contributed by atoms with van der Waals surface area (Å²) in [6.07, 6.45) is -1.81. The second-order valence-corrected chi connectivity index (χ2v) is 7.26. The highest BCUT2D eigenvalue weighted by Gasteiger charge is 2.41. The van der Waals surface area contributed by atoms with Crippen LogP contribution in [0, 0.1) is 0 Å². The minimum Gasteiger partial charge on any atom is -0.435 e. The monoisotopic (exact) mass is 484 g/mol. The number of ether oxygens (including phenoxy) is 3. The van der Waals surface area contributed by atoms with Crippen molar-refractivity contribution in [2.24, 2.45) is 0 Å². The van der Waals surface area contributed by atoms with Crippen LogP contribution in [0.1, 0.15) is 25.1 Å². The van der Waals surface area contributed by atoms with Gasteiger partial charge in [-0.15, -0.1) is 0 Å². The molecule has 0 unspecified atom stereocenters. The molecule has 0 saturated carbocycles. The largest absolute Gasteiger partial charge is 0.508 e. The molecule has 0 aliphatic carbocycles. The van der Waals surface area contributed by atoms with Gasteiger partial charge in [0.2, 0.25) is 0 Å². The molecule has 0 spiro atoms. The van der Waals surface area contributed by atoms with Gasteiger partial charge in [-0.25, -0.2) is 14.2 Å². The second-order valence-electron chi connectivity index (χ2n) is 5.54. The van der Waals surface area contributed by atoms with Crippen molar-refractivity contribution in [2.45, 2.75) is 31.8 Å². The van der Waals surface area contributed by atoms with Crippen LogP contribution in [0.3, 0.4) is 0 Å². The van der Waals surface area contributed by atoms with E-state index in [1.54, 1.807) is 6.92 Å². The Bertz CT molecular complexity index is 891. The van der Waals surface area contributed by atoms with Gasteiger partial charge in [-0.3, -0.25) is 18.9 Å². The molecule has 0 amide bonds. The zero-order chi connectivity index (χ0) is 20.9. The van der Waals surface area contributed by atoms with E-state index in [0.29, 0.717) is 0 Å². The standard InChI is InChI=1S/C14H18BrN2O10P/c1-2-24-14(20)25-7-10-9(27-28(21,22)23)5-11(26-10)17-6-8(3-4-15)12(18)16-13(17)19/h3-4,6,9-11H,2,5,7H2,1H3,(H,16,18,19)(H2,21,22,23)/b4-3+/t9-,10+,11+/m0/s1. The third kappa shape index (κ3) is 6.12. The minimum atomic E-state index is -4.88. The number of phosphoric acid groups is 1. The fourth-order valence-electron chi connectivity index (χ4n) is 2.52. The molecular weight excluding hydrogens is 467 g/mol. The van der Waals surface area contributed by atoms with Crippen molar-refractivity contribution >= 4 is 36.0 Å². The first-order valence-electron chi connectivity index (χ1n) is 7.95. The molecule has 0 aromatic carbocycles. The van der Waals surface area contributed by atoms with Gasteiger partial charge in [0.1, 0.15) is 25.0 Å². The van der Waals surface area contributed by atoms with Gasteiger partial charge < -0.3 is 24.0 Å². The highest BCUT2D eigenvalue weighted by molar-refractivity contribution is 9.11.